The average Bonchev–Trinajstić information content (AvgIpc) is 1.76. The number of aliphatic hydroxyl groups is 1. The molecule has 1 N–H and O–H groups in total. The number of allylic oxidation sites excluding steroid dienone is 1. The molecule has 1 saturated carbocycles. The van der Waals surface area contributed by atoms with Crippen molar-refractivity contribution in [1.29, 1.82) is 0 Å². The highest BCUT2D eigenvalue weighted by atomic mass is 16.2. The Labute approximate surface area is 56.4 Å². The third-order valence-corrected chi connectivity index (χ3v) is 1.85. The van der Waals surface area contributed by atoms with Gasteiger partial charge in [-0.15, -0.1) is 0 Å². The van der Waals surface area contributed by atoms with Crippen LogP contribution in [-0.4, -0.2) is 11.7 Å². The molecule has 0 atom stereocenters. The van der Waals surface area contributed by atoms with E-state index in [1.165, 1.54) is 19.3 Å². The van der Waals surface area contributed by atoms with Gasteiger partial charge in [-0.05, 0) is 25.2 Å². The molecule has 1 heteroatoms. The molecular formula is C8H14O. The molecule has 0 saturated heterocycles. The predicted molar refractivity (Wildman–Crippen MR) is 38.2 cm³/mol. The normalized spacial score (nSPS) is 20.6. The summed E-state index contributed by atoms with van der Waals surface area (Å²) in [5.41, 5.74) is 0. The lowest BCUT2D eigenvalue weighted by Crippen LogP contribution is -2.06. The number of hydrogen-bond acceptors (Lipinski definition) is 1. The first-order valence-electron chi connectivity index (χ1n) is 3.71. The van der Waals surface area contributed by atoms with Crippen LogP contribution < -0.4 is 0 Å². The van der Waals surface area contributed by atoms with Crippen molar-refractivity contribution in [2.24, 2.45) is 5.92 Å². The summed E-state index contributed by atoms with van der Waals surface area (Å²) in [6.07, 6.45) is 9.28. The van der Waals surface area contributed by atoms with E-state index in [-0.39, 0.29) is 0 Å². The summed E-state index contributed by atoms with van der Waals surface area (Å²) in [6, 6.07) is 0. The Morgan fingerprint density at radius 3 is 2.67 bits per heavy atom. The van der Waals surface area contributed by atoms with Crippen LogP contribution in [-0.2, 0) is 0 Å². The second-order valence-corrected chi connectivity index (χ2v) is 2.63. The van der Waals surface area contributed by atoms with Crippen LogP contribution in [0.25, 0.3) is 0 Å². The van der Waals surface area contributed by atoms with E-state index >= 15 is 0 Å². The van der Waals surface area contributed by atoms with Crippen LogP contribution in [0.4, 0.5) is 0 Å². The van der Waals surface area contributed by atoms with Gasteiger partial charge in [0, 0.05) is 6.61 Å². The zero-order valence-corrected chi connectivity index (χ0v) is 5.71. The minimum Gasteiger partial charge on any atom is -0.396 e. The third kappa shape index (κ3) is 2.19. The smallest absolute Gasteiger partial charge is 0.0465 e. The second kappa shape index (κ2) is 3.67. The summed E-state index contributed by atoms with van der Waals surface area (Å²) in [5.74, 6) is 0.844. The van der Waals surface area contributed by atoms with Crippen LogP contribution >= 0.6 is 0 Å². The Kier molecular flexibility index (Phi) is 2.78. The molecule has 0 amide bonds. The maximum absolute atomic E-state index is 8.42. The second-order valence-electron chi connectivity index (χ2n) is 2.63. The van der Waals surface area contributed by atoms with E-state index in [0.29, 0.717) is 6.61 Å². The fraction of sp³-hybridized carbons (Fsp3) is 0.750. The van der Waals surface area contributed by atoms with E-state index < -0.39 is 0 Å². The highest BCUT2D eigenvalue weighted by molar-refractivity contribution is 4.92. The fourth-order valence-electron chi connectivity index (χ4n) is 0.995. The van der Waals surface area contributed by atoms with Crippen LogP contribution in [0.3, 0.4) is 0 Å². The van der Waals surface area contributed by atoms with Gasteiger partial charge in [0.05, 0.1) is 0 Å². The third-order valence-electron chi connectivity index (χ3n) is 1.85. The van der Waals surface area contributed by atoms with E-state index in [1.54, 1.807) is 0 Å². The number of rotatable bonds is 3. The maximum atomic E-state index is 8.42. The lowest BCUT2D eigenvalue weighted by atomic mass is 9.85. The summed E-state index contributed by atoms with van der Waals surface area (Å²) in [7, 11) is 0. The zero-order chi connectivity index (χ0) is 6.53. The van der Waals surface area contributed by atoms with Crippen molar-refractivity contribution < 1.29 is 5.11 Å². The molecule has 1 aliphatic carbocycles. The van der Waals surface area contributed by atoms with E-state index in [9.17, 15) is 0 Å². The SMILES string of the molecule is OCC/C=C\C1CCC1. The van der Waals surface area contributed by atoms with E-state index in [2.05, 4.69) is 12.2 Å². The zero-order valence-electron chi connectivity index (χ0n) is 5.71. The molecule has 1 aliphatic rings. The average molecular weight is 126 g/mol. The van der Waals surface area contributed by atoms with Crippen molar-refractivity contribution in [3.63, 3.8) is 0 Å². The molecule has 0 unspecified atom stereocenters. The Hall–Kier alpha value is -0.300. The lowest BCUT2D eigenvalue weighted by molar-refractivity contribution is 0.301. The topological polar surface area (TPSA) is 20.2 Å². The van der Waals surface area contributed by atoms with Crippen LogP contribution in [0.5, 0.6) is 0 Å². The lowest BCUT2D eigenvalue weighted by Gasteiger charge is -2.21. The van der Waals surface area contributed by atoms with Crippen molar-refractivity contribution in [3.05, 3.63) is 12.2 Å². The molecule has 0 aromatic carbocycles. The monoisotopic (exact) mass is 126 g/mol. The molecule has 0 radical (unpaired) electrons. The summed E-state index contributed by atoms with van der Waals surface area (Å²) >= 11 is 0. The molecule has 1 fully saturated rings. The van der Waals surface area contributed by atoms with Crippen molar-refractivity contribution >= 4 is 0 Å². The van der Waals surface area contributed by atoms with E-state index in [4.69, 9.17) is 5.11 Å². The molecule has 1 rings (SSSR count). The first kappa shape index (κ1) is 6.81. The van der Waals surface area contributed by atoms with Crippen LogP contribution in [0.15, 0.2) is 12.2 Å². The summed E-state index contributed by atoms with van der Waals surface area (Å²) in [6.45, 7) is 0.295. The number of hydrogen-bond donors (Lipinski definition) is 1. The Morgan fingerprint density at radius 1 is 1.44 bits per heavy atom. The van der Waals surface area contributed by atoms with Gasteiger partial charge in [0.15, 0.2) is 0 Å². The summed E-state index contributed by atoms with van der Waals surface area (Å²) in [4.78, 5) is 0. The molecule has 0 aliphatic heterocycles. The first-order chi connectivity index (χ1) is 4.43. The van der Waals surface area contributed by atoms with Gasteiger partial charge in [-0.1, -0.05) is 18.6 Å². The summed E-state index contributed by atoms with van der Waals surface area (Å²) < 4.78 is 0. The molecule has 9 heavy (non-hydrogen) atoms. The van der Waals surface area contributed by atoms with E-state index in [0.717, 1.165) is 12.3 Å². The fourth-order valence-corrected chi connectivity index (χ4v) is 0.995. The molecule has 0 bridgehead atoms. The minimum absolute atomic E-state index is 0.295. The Balaban J connectivity index is 2.00. The molecule has 0 spiro atoms. The highest BCUT2D eigenvalue weighted by Crippen LogP contribution is 2.27. The van der Waals surface area contributed by atoms with Crippen LogP contribution in [0.2, 0.25) is 0 Å². The van der Waals surface area contributed by atoms with Gasteiger partial charge in [-0.25, -0.2) is 0 Å². The predicted octanol–water partition coefficient (Wildman–Crippen LogP) is 1.73. The van der Waals surface area contributed by atoms with Gasteiger partial charge < -0.3 is 5.11 Å². The van der Waals surface area contributed by atoms with Crippen LogP contribution in [0, 0.1) is 5.92 Å². The van der Waals surface area contributed by atoms with Gasteiger partial charge in [0.2, 0.25) is 0 Å². The quantitative estimate of drug-likeness (QED) is 0.571. The highest BCUT2D eigenvalue weighted by Gasteiger charge is 2.12. The molecular weight excluding hydrogens is 112 g/mol. The largest absolute Gasteiger partial charge is 0.396 e. The van der Waals surface area contributed by atoms with Gasteiger partial charge in [-0.2, -0.15) is 0 Å². The Bertz CT molecular complexity index is 92.7. The Morgan fingerprint density at radius 2 is 2.22 bits per heavy atom. The summed E-state index contributed by atoms with van der Waals surface area (Å²) in [5, 5.41) is 8.42. The van der Waals surface area contributed by atoms with Crippen LogP contribution in [0.1, 0.15) is 25.7 Å². The van der Waals surface area contributed by atoms with Crippen molar-refractivity contribution in [3.8, 4) is 0 Å². The maximum Gasteiger partial charge on any atom is 0.0465 e. The van der Waals surface area contributed by atoms with E-state index in [1.807, 2.05) is 0 Å². The molecule has 52 valence electrons. The molecule has 0 aromatic heterocycles. The first-order valence-corrected chi connectivity index (χ1v) is 3.71. The minimum atomic E-state index is 0.295. The number of aliphatic hydroxyl groups excluding tert-OH is 1. The molecule has 0 heterocycles. The van der Waals surface area contributed by atoms with Gasteiger partial charge in [0.1, 0.15) is 0 Å². The van der Waals surface area contributed by atoms with Crippen molar-refractivity contribution in [1.82, 2.24) is 0 Å². The standard InChI is InChI=1S/C8H14O/c9-7-2-1-4-8-5-3-6-8/h1,4,8-9H,2-3,5-7H2/b4-1-. The molecule has 0 aromatic rings. The van der Waals surface area contributed by atoms with Crippen molar-refractivity contribution in [2.75, 3.05) is 6.61 Å². The van der Waals surface area contributed by atoms with Gasteiger partial charge in [-0.3, -0.25) is 0 Å². The van der Waals surface area contributed by atoms with Crippen molar-refractivity contribution in [2.45, 2.75) is 25.7 Å². The molecule has 1 nitrogen and oxygen atoms in total. The van der Waals surface area contributed by atoms with Gasteiger partial charge in [0.25, 0.3) is 0 Å². The van der Waals surface area contributed by atoms with Gasteiger partial charge >= 0.3 is 0 Å².